The molecule has 1 aliphatic rings. The SMILES string of the molecule is CCCNC1CCOCC1c1nc(C)no1. The first-order valence-corrected chi connectivity index (χ1v) is 5.92. The van der Waals surface area contributed by atoms with Crippen LogP contribution in [0.2, 0.25) is 0 Å². The average molecular weight is 225 g/mol. The van der Waals surface area contributed by atoms with Crippen molar-refractivity contribution in [3.63, 3.8) is 0 Å². The van der Waals surface area contributed by atoms with Crippen LogP contribution >= 0.6 is 0 Å². The highest BCUT2D eigenvalue weighted by atomic mass is 16.5. The zero-order chi connectivity index (χ0) is 11.4. The molecule has 2 heterocycles. The van der Waals surface area contributed by atoms with Crippen LogP contribution in [-0.2, 0) is 4.74 Å². The van der Waals surface area contributed by atoms with Crippen LogP contribution in [0, 0.1) is 6.92 Å². The van der Waals surface area contributed by atoms with Gasteiger partial charge in [-0.15, -0.1) is 0 Å². The molecule has 90 valence electrons. The molecule has 0 aromatic carbocycles. The van der Waals surface area contributed by atoms with E-state index < -0.39 is 0 Å². The zero-order valence-electron chi connectivity index (χ0n) is 9.90. The average Bonchev–Trinajstić information content (AvgIpc) is 2.73. The number of nitrogens with zero attached hydrogens (tertiary/aromatic N) is 2. The van der Waals surface area contributed by atoms with Crippen molar-refractivity contribution in [1.29, 1.82) is 0 Å². The Morgan fingerprint density at radius 1 is 1.50 bits per heavy atom. The fraction of sp³-hybridized carbons (Fsp3) is 0.818. The Bertz CT molecular complexity index is 327. The van der Waals surface area contributed by atoms with E-state index in [0.29, 0.717) is 24.4 Å². The minimum atomic E-state index is 0.196. The van der Waals surface area contributed by atoms with Gasteiger partial charge >= 0.3 is 0 Å². The molecule has 1 saturated heterocycles. The first-order chi connectivity index (χ1) is 7.81. The fourth-order valence-electron chi connectivity index (χ4n) is 2.02. The predicted octanol–water partition coefficient (Wildman–Crippen LogP) is 1.25. The van der Waals surface area contributed by atoms with Gasteiger partial charge in [0.15, 0.2) is 5.82 Å². The number of aromatic nitrogens is 2. The van der Waals surface area contributed by atoms with Crippen molar-refractivity contribution in [1.82, 2.24) is 15.5 Å². The summed E-state index contributed by atoms with van der Waals surface area (Å²) in [6, 6.07) is 0.397. The van der Waals surface area contributed by atoms with Gasteiger partial charge in [0, 0.05) is 12.6 Å². The normalized spacial score (nSPS) is 25.9. The molecular formula is C11H19N3O2. The summed E-state index contributed by atoms with van der Waals surface area (Å²) in [7, 11) is 0. The molecule has 1 N–H and O–H groups in total. The van der Waals surface area contributed by atoms with E-state index >= 15 is 0 Å². The highest BCUT2D eigenvalue weighted by Crippen LogP contribution is 2.24. The molecule has 2 unspecified atom stereocenters. The number of rotatable bonds is 4. The summed E-state index contributed by atoms with van der Waals surface area (Å²) in [6.07, 6.45) is 2.14. The third-order valence-corrected chi connectivity index (χ3v) is 2.87. The summed E-state index contributed by atoms with van der Waals surface area (Å²) in [4.78, 5) is 4.29. The second kappa shape index (κ2) is 5.41. The topological polar surface area (TPSA) is 60.2 Å². The molecule has 2 atom stereocenters. The third kappa shape index (κ3) is 2.59. The van der Waals surface area contributed by atoms with Crippen LogP contribution < -0.4 is 5.32 Å². The largest absolute Gasteiger partial charge is 0.381 e. The Hall–Kier alpha value is -0.940. The van der Waals surface area contributed by atoms with Gasteiger partial charge in [0.2, 0.25) is 5.89 Å². The van der Waals surface area contributed by atoms with E-state index in [1.165, 1.54) is 0 Å². The lowest BCUT2D eigenvalue weighted by molar-refractivity contribution is 0.0498. The van der Waals surface area contributed by atoms with Crippen LogP contribution in [0.3, 0.4) is 0 Å². The van der Waals surface area contributed by atoms with Crippen LogP contribution in [0.4, 0.5) is 0 Å². The van der Waals surface area contributed by atoms with Gasteiger partial charge in [-0.3, -0.25) is 0 Å². The Morgan fingerprint density at radius 2 is 2.38 bits per heavy atom. The Kier molecular flexibility index (Phi) is 3.90. The van der Waals surface area contributed by atoms with Gasteiger partial charge in [-0.25, -0.2) is 0 Å². The quantitative estimate of drug-likeness (QED) is 0.835. The summed E-state index contributed by atoms with van der Waals surface area (Å²) >= 11 is 0. The van der Waals surface area contributed by atoms with Gasteiger partial charge in [0.05, 0.1) is 12.5 Å². The van der Waals surface area contributed by atoms with Gasteiger partial charge in [0.25, 0.3) is 0 Å². The minimum Gasteiger partial charge on any atom is -0.381 e. The number of nitrogens with one attached hydrogen (secondary N) is 1. The van der Waals surface area contributed by atoms with Gasteiger partial charge in [0.1, 0.15) is 0 Å². The number of hydrogen-bond donors (Lipinski definition) is 1. The van der Waals surface area contributed by atoms with Crippen molar-refractivity contribution in [2.24, 2.45) is 0 Å². The lowest BCUT2D eigenvalue weighted by Gasteiger charge is -2.29. The van der Waals surface area contributed by atoms with Crippen LogP contribution in [0.5, 0.6) is 0 Å². The van der Waals surface area contributed by atoms with E-state index in [9.17, 15) is 0 Å². The monoisotopic (exact) mass is 225 g/mol. The Labute approximate surface area is 95.6 Å². The molecule has 5 nitrogen and oxygen atoms in total. The molecule has 1 aliphatic heterocycles. The Balaban J connectivity index is 2.04. The summed E-state index contributed by atoms with van der Waals surface area (Å²) < 4.78 is 10.7. The van der Waals surface area contributed by atoms with Gasteiger partial charge in [-0.1, -0.05) is 12.1 Å². The van der Waals surface area contributed by atoms with Crippen molar-refractivity contribution in [2.45, 2.75) is 38.6 Å². The van der Waals surface area contributed by atoms with Crippen LogP contribution in [-0.4, -0.2) is 35.9 Å². The molecule has 0 bridgehead atoms. The molecule has 0 radical (unpaired) electrons. The highest BCUT2D eigenvalue weighted by Gasteiger charge is 2.30. The summed E-state index contributed by atoms with van der Waals surface area (Å²) in [5.74, 6) is 1.59. The maximum Gasteiger partial charge on any atom is 0.233 e. The van der Waals surface area contributed by atoms with Crippen molar-refractivity contribution in [3.8, 4) is 0 Å². The maximum absolute atomic E-state index is 5.49. The van der Waals surface area contributed by atoms with E-state index in [1.54, 1.807) is 0 Å². The fourth-order valence-corrected chi connectivity index (χ4v) is 2.02. The molecule has 16 heavy (non-hydrogen) atoms. The minimum absolute atomic E-state index is 0.196. The molecular weight excluding hydrogens is 206 g/mol. The zero-order valence-corrected chi connectivity index (χ0v) is 9.90. The van der Waals surface area contributed by atoms with E-state index in [-0.39, 0.29) is 5.92 Å². The maximum atomic E-state index is 5.49. The molecule has 0 saturated carbocycles. The van der Waals surface area contributed by atoms with E-state index in [4.69, 9.17) is 9.26 Å². The van der Waals surface area contributed by atoms with Crippen molar-refractivity contribution in [3.05, 3.63) is 11.7 Å². The first-order valence-electron chi connectivity index (χ1n) is 5.92. The van der Waals surface area contributed by atoms with Gasteiger partial charge < -0.3 is 14.6 Å². The molecule has 0 spiro atoms. The predicted molar refractivity (Wildman–Crippen MR) is 59.3 cm³/mol. The van der Waals surface area contributed by atoms with Crippen LogP contribution in [0.15, 0.2) is 4.52 Å². The van der Waals surface area contributed by atoms with Gasteiger partial charge in [-0.2, -0.15) is 4.98 Å². The number of ether oxygens (including phenoxy) is 1. The lowest BCUT2D eigenvalue weighted by Crippen LogP contribution is -2.41. The third-order valence-electron chi connectivity index (χ3n) is 2.87. The molecule has 0 amide bonds. The first kappa shape index (κ1) is 11.5. The second-order valence-corrected chi connectivity index (χ2v) is 4.21. The van der Waals surface area contributed by atoms with E-state index in [0.717, 1.165) is 26.0 Å². The second-order valence-electron chi connectivity index (χ2n) is 4.21. The highest BCUT2D eigenvalue weighted by molar-refractivity contribution is 5.00. The van der Waals surface area contributed by atoms with Crippen LogP contribution in [0.1, 0.15) is 37.4 Å². The summed E-state index contributed by atoms with van der Waals surface area (Å²) in [5.41, 5.74) is 0. The van der Waals surface area contributed by atoms with E-state index in [1.807, 2.05) is 6.92 Å². The van der Waals surface area contributed by atoms with Crippen molar-refractivity contribution >= 4 is 0 Å². The molecule has 1 aromatic heterocycles. The molecule has 2 rings (SSSR count). The molecule has 1 aromatic rings. The van der Waals surface area contributed by atoms with Crippen molar-refractivity contribution < 1.29 is 9.26 Å². The van der Waals surface area contributed by atoms with Crippen molar-refractivity contribution in [2.75, 3.05) is 19.8 Å². The standard InChI is InChI=1S/C11H19N3O2/c1-3-5-12-10-4-6-15-7-9(10)11-13-8(2)14-16-11/h9-10,12H,3-7H2,1-2H3. The summed E-state index contributed by atoms with van der Waals surface area (Å²) in [5, 5.41) is 7.36. The van der Waals surface area contributed by atoms with Crippen LogP contribution in [0.25, 0.3) is 0 Å². The van der Waals surface area contributed by atoms with E-state index in [2.05, 4.69) is 22.4 Å². The Morgan fingerprint density at radius 3 is 3.06 bits per heavy atom. The molecule has 0 aliphatic carbocycles. The smallest absolute Gasteiger partial charge is 0.233 e. The number of aryl methyl sites for hydroxylation is 1. The number of hydrogen-bond acceptors (Lipinski definition) is 5. The molecule has 1 fully saturated rings. The molecule has 5 heteroatoms. The lowest BCUT2D eigenvalue weighted by atomic mass is 9.95. The summed E-state index contributed by atoms with van der Waals surface area (Å²) in [6.45, 7) is 6.51. The van der Waals surface area contributed by atoms with Gasteiger partial charge in [-0.05, 0) is 26.3 Å².